The molecule has 0 unspecified atom stereocenters. The Bertz CT molecular complexity index is 1250. The van der Waals surface area contributed by atoms with Gasteiger partial charge in [-0.2, -0.15) is 5.26 Å². The summed E-state index contributed by atoms with van der Waals surface area (Å²) < 4.78 is 0. The van der Waals surface area contributed by atoms with Crippen LogP contribution in [-0.2, 0) is 11.3 Å². The maximum absolute atomic E-state index is 12.1. The average Bonchev–Trinajstić information content (AvgIpc) is 2.92. The molecular formula is C25H26N8O3. The maximum atomic E-state index is 12.1. The molecule has 0 spiro atoms. The van der Waals surface area contributed by atoms with E-state index in [9.17, 15) is 9.59 Å². The molecule has 3 heterocycles. The normalized spacial score (nSPS) is 13.1. The number of nitrogens with one attached hydrogen (secondary N) is 1. The highest BCUT2D eigenvalue weighted by atomic mass is 16.4. The molecule has 0 bridgehead atoms. The summed E-state index contributed by atoms with van der Waals surface area (Å²) in [5, 5.41) is 19.7. The van der Waals surface area contributed by atoms with E-state index >= 15 is 0 Å². The van der Waals surface area contributed by atoms with Crippen molar-refractivity contribution in [3.63, 3.8) is 0 Å². The van der Waals surface area contributed by atoms with E-state index in [-0.39, 0.29) is 12.5 Å². The number of anilines is 2. The fourth-order valence-electron chi connectivity index (χ4n) is 3.93. The summed E-state index contributed by atoms with van der Waals surface area (Å²) in [6.45, 7) is 3.23. The lowest BCUT2D eigenvalue weighted by Gasteiger charge is -2.35. The Balaban J connectivity index is 1.35. The number of carbonyl (C=O) groups is 2. The zero-order valence-electron chi connectivity index (χ0n) is 19.8. The van der Waals surface area contributed by atoms with Crippen LogP contribution in [0, 0.1) is 11.3 Å². The first-order valence-corrected chi connectivity index (χ1v) is 11.4. The molecule has 0 atom stereocenters. The Morgan fingerprint density at radius 1 is 1.03 bits per heavy atom. The van der Waals surface area contributed by atoms with Crippen molar-refractivity contribution >= 4 is 23.6 Å². The third-order valence-corrected chi connectivity index (χ3v) is 5.92. The van der Waals surface area contributed by atoms with Crippen LogP contribution in [0.1, 0.15) is 11.3 Å². The maximum Gasteiger partial charge on any atom is 0.405 e. The van der Waals surface area contributed by atoms with Gasteiger partial charge < -0.3 is 25.1 Å². The van der Waals surface area contributed by atoms with E-state index in [0.717, 1.165) is 48.6 Å². The standard InChI is InChI=1S/C25H26N8O3/c1-31(23(34)16-30-25(35)36)17-18-3-2-4-19(11-18)20-13-28-24(29-14-20)33-9-7-32(8-10-33)22-6-5-21(12-26)27-15-22/h2-6,11,13-15,30H,7-10,16-17H2,1H3,(H,35,36). The van der Waals surface area contributed by atoms with Gasteiger partial charge in [0.15, 0.2) is 0 Å². The molecule has 4 rings (SSSR count). The first kappa shape index (κ1) is 24.4. The predicted octanol–water partition coefficient (Wildman–Crippen LogP) is 1.96. The van der Waals surface area contributed by atoms with Crippen LogP contribution in [0.2, 0.25) is 0 Å². The van der Waals surface area contributed by atoms with Gasteiger partial charge in [-0.3, -0.25) is 4.79 Å². The van der Waals surface area contributed by atoms with E-state index in [2.05, 4.69) is 30.1 Å². The molecule has 184 valence electrons. The van der Waals surface area contributed by atoms with Crippen LogP contribution in [0.15, 0.2) is 55.0 Å². The summed E-state index contributed by atoms with van der Waals surface area (Å²) in [5.74, 6) is 0.356. The smallest absolute Gasteiger partial charge is 0.405 e. The molecule has 3 aromatic rings. The van der Waals surface area contributed by atoms with Crippen molar-refractivity contribution in [1.29, 1.82) is 5.26 Å². The number of aromatic nitrogens is 3. The van der Waals surface area contributed by atoms with E-state index in [1.165, 1.54) is 4.90 Å². The van der Waals surface area contributed by atoms with Crippen LogP contribution < -0.4 is 15.1 Å². The van der Waals surface area contributed by atoms with Crippen LogP contribution in [0.4, 0.5) is 16.4 Å². The lowest BCUT2D eigenvalue weighted by molar-refractivity contribution is -0.129. The van der Waals surface area contributed by atoms with Gasteiger partial charge in [-0.25, -0.2) is 19.7 Å². The first-order valence-electron chi connectivity index (χ1n) is 11.4. The molecule has 1 saturated heterocycles. The highest BCUT2D eigenvalue weighted by Crippen LogP contribution is 2.22. The van der Waals surface area contributed by atoms with Crippen molar-refractivity contribution in [2.24, 2.45) is 0 Å². The molecule has 1 fully saturated rings. The van der Waals surface area contributed by atoms with Gasteiger partial charge in [0.2, 0.25) is 11.9 Å². The third kappa shape index (κ3) is 6.04. The molecule has 2 aromatic heterocycles. The number of piperazine rings is 1. The van der Waals surface area contributed by atoms with E-state index in [1.807, 2.05) is 36.4 Å². The van der Waals surface area contributed by atoms with E-state index in [4.69, 9.17) is 10.4 Å². The number of hydrogen-bond acceptors (Lipinski definition) is 8. The van der Waals surface area contributed by atoms with E-state index in [1.54, 1.807) is 31.7 Å². The van der Waals surface area contributed by atoms with E-state index < -0.39 is 6.09 Å². The lowest BCUT2D eigenvalue weighted by atomic mass is 10.1. The molecule has 1 aliphatic heterocycles. The van der Waals surface area contributed by atoms with Gasteiger partial charge in [0, 0.05) is 57.7 Å². The quantitative estimate of drug-likeness (QED) is 0.513. The molecule has 2 N–H and O–H groups in total. The van der Waals surface area contributed by atoms with Gasteiger partial charge in [0.25, 0.3) is 0 Å². The highest BCUT2D eigenvalue weighted by molar-refractivity contribution is 5.81. The van der Waals surface area contributed by atoms with Crippen molar-refractivity contribution in [2.45, 2.75) is 6.54 Å². The van der Waals surface area contributed by atoms with Gasteiger partial charge >= 0.3 is 6.09 Å². The minimum absolute atomic E-state index is 0.264. The lowest BCUT2D eigenvalue weighted by Crippen LogP contribution is -2.47. The van der Waals surface area contributed by atoms with Gasteiger partial charge in [0.1, 0.15) is 18.3 Å². The van der Waals surface area contributed by atoms with Crippen LogP contribution in [0.5, 0.6) is 0 Å². The SMILES string of the molecule is CN(Cc1cccc(-c2cnc(N3CCN(c4ccc(C#N)nc4)CC3)nc2)c1)C(=O)CNC(=O)O. The molecule has 0 radical (unpaired) electrons. The monoisotopic (exact) mass is 486 g/mol. The second-order valence-corrected chi connectivity index (χ2v) is 8.37. The molecule has 1 aliphatic rings. The van der Waals surface area contributed by atoms with Crippen LogP contribution in [0.3, 0.4) is 0 Å². The van der Waals surface area contributed by atoms with Crippen LogP contribution in [0.25, 0.3) is 11.1 Å². The van der Waals surface area contributed by atoms with Crippen molar-refractivity contribution in [3.8, 4) is 17.2 Å². The number of carboxylic acid groups (broad SMARTS) is 1. The second-order valence-electron chi connectivity index (χ2n) is 8.37. The largest absolute Gasteiger partial charge is 0.465 e. The van der Waals surface area contributed by atoms with Gasteiger partial charge in [-0.1, -0.05) is 18.2 Å². The van der Waals surface area contributed by atoms with Crippen molar-refractivity contribution < 1.29 is 14.7 Å². The third-order valence-electron chi connectivity index (χ3n) is 5.92. The fourth-order valence-corrected chi connectivity index (χ4v) is 3.93. The van der Waals surface area contributed by atoms with E-state index in [0.29, 0.717) is 18.2 Å². The number of hydrogen-bond donors (Lipinski definition) is 2. The second kappa shape index (κ2) is 11.1. The van der Waals surface area contributed by atoms with Gasteiger partial charge in [-0.05, 0) is 29.3 Å². The van der Waals surface area contributed by atoms with Crippen molar-refractivity contribution in [2.75, 3.05) is 49.6 Å². The number of amides is 2. The highest BCUT2D eigenvalue weighted by Gasteiger charge is 2.19. The minimum atomic E-state index is -1.23. The fraction of sp³-hybridized carbons (Fsp3) is 0.280. The first-order chi connectivity index (χ1) is 17.4. The number of nitrogens with zero attached hydrogens (tertiary/aromatic N) is 7. The molecule has 11 heteroatoms. The summed E-state index contributed by atoms with van der Waals surface area (Å²) in [4.78, 5) is 41.8. The van der Waals surface area contributed by atoms with Crippen LogP contribution in [-0.4, -0.2) is 76.7 Å². The summed E-state index contributed by atoms with van der Waals surface area (Å²) in [6.07, 6.45) is 4.09. The summed E-state index contributed by atoms with van der Waals surface area (Å²) in [7, 11) is 1.63. The minimum Gasteiger partial charge on any atom is -0.465 e. The Morgan fingerprint density at radius 2 is 1.75 bits per heavy atom. The number of rotatable bonds is 7. The topological polar surface area (TPSA) is 139 Å². The van der Waals surface area contributed by atoms with Gasteiger partial charge in [0.05, 0.1) is 11.9 Å². The molecule has 36 heavy (non-hydrogen) atoms. The summed E-state index contributed by atoms with van der Waals surface area (Å²) >= 11 is 0. The number of likely N-dealkylation sites (N-methyl/N-ethyl adjacent to an activating group) is 1. The Morgan fingerprint density at radius 3 is 2.39 bits per heavy atom. The zero-order chi connectivity index (χ0) is 25.5. The summed E-state index contributed by atoms with van der Waals surface area (Å²) in [5.41, 5.74) is 4.11. The Hall–Kier alpha value is -4.72. The van der Waals surface area contributed by atoms with Gasteiger partial charge in [-0.15, -0.1) is 0 Å². The average molecular weight is 487 g/mol. The van der Waals surface area contributed by atoms with Crippen LogP contribution >= 0.6 is 0 Å². The Kier molecular flexibility index (Phi) is 7.55. The number of carbonyl (C=O) groups excluding carboxylic acids is 1. The molecule has 0 saturated carbocycles. The number of benzene rings is 1. The Labute approximate surface area is 208 Å². The number of nitriles is 1. The predicted molar refractivity (Wildman–Crippen MR) is 133 cm³/mol. The van der Waals surface area contributed by atoms with Crippen molar-refractivity contribution in [1.82, 2.24) is 25.2 Å². The zero-order valence-corrected chi connectivity index (χ0v) is 19.8. The number of pyridine rings is 1. The molecule has 11 nitrogen and oxygen atoms in total. The molecule has 2 amide bonds. The van der Waals surface area contributed by atoms with Crippen molar-refractivity contribution in [3.05, 3.63) is 66.2 Å². The molecular weight excluding hydrogens is 460 g/mol. The molecule has 0 aliphatic carbocycles. The summed E-state index contributed by atoms with van der Waals surface area (Å²) in [6, 6.07) is 13.4. The molecule has 1 aromatic carbocycles.